The first-order valence-corrected chi connectivity index (χ1v) is 6.18. The predicted molar refractivity (Wildman–Crippen MR) is 67.6 cm³/mol. The average molecular weight is 219 g/mol. The van der Waals surface area contributed by atoms with Gasteiger partial charge in [-0.3, -0.25) is 0 Å². The van der Waals surface area contributed by atoms with Gasteiger partial charge in [-0.05, 0) is 57.5 Å². The molecule has 16 heavy (non-hydrogen) atoms. The van der Waals surface area contributed by atoms with Crippen molar-refractivity contribution in [3.63, 3.8) is 0 Å². The molecule has 0 aliphatic carbocycles. The van der Waals surface area contributed by atoms with Crippen molar-refractivity contribution in [2.24, 2.45) is 5.92 Å². The number of piperidine rings is 1. The molecule has 1 aliphatic heterocycles. The van der Waals surface area contributed by atoms with Crippen LogP contribution in [0.5, 0.6) is 0 Å². The fraction of sp³-hybridized carbons (Fsp3) is 0.615. The van der Waals surface area contributed by atoms with Gasteiger partial charge in [0.25, 0.3) is 0 Å². The van der Waals surface area contributed by atoms with E-state index in [0.29, 0.717) is 0 Å². The van der Waals surface area contributed by atoms with Crippen molar-refractivity contribution in [2.75, 3.05) is 32.0 Å². The summed E-state index contributed by atoms with van der Waals surface area (Å²) in [6.07, 6.45) is 5.79. The summed E-state index contributed by atoms with van der Waals surface area (Å²) in [5, 5.41) is 3.38. The quantitative estimate of drug-likeness (QED) is 0.841. The summed E-state index contributed by atoms with van der Waals surface area (Å²) in [5.74, 6) is 1.89. The highest BCUT2D eigenvalue weighted by atomic mass is 15.1. The Morgan fingerprint density at radius 2 is 2.19 bits per heavy atom. The Balaban J connectivity index is 1.65. The van der Waals surface area contributed by atoms with E-state index in [4.69, 9.17) is 0 Å². The zero-order chi connectivity index (χ0) is 11.2. The molecule has 2 heterocycles. The molecule has 1 N–H and O–H groups in total. The number of aromatic nitrogens is 1. The molecule has 3 heteroatoms. The Morgan fingerprint density at radius 1 is 1.38 bits per heavy atom. The van der Waals surface area contributed by atoms with Crippen LogP contribution in [-0.4, -0.2) is 36.6 Å². The molecule has 1 fully saturated rings. The van der Waals surface area contributed by atoms with Gasteiger partial charge in [-0.15, -0.1) is 0 Å². The number of rotatable bonds is 4. The Kier molecular flexibility index (Phi) is 4.17. The highest BCUT2D eigenvalue weighted by molar-refractivity contribution is 5.32. The highest BCUT2D eigenvalue weighted by Gasteiger charge is 2.15. The molecule has 2 rings (SSSR count). The van der Waals surface area contributed by atoms with Crippen molar-refractivity contribution < 1.29 is 0 Å². The molecule has 1 aromatic rings. The van der Waals surface area contributed by atoms with Crippen LogP contribution in [0.4, 0.5) is 5.82 Å². The van der Waals surface area contributed by atoms with E-state index < -0.39 is 0 Å². The van der Waals surface area contributed by atoms with Gasteiger partial charge in [-0.2, -0.15) is 0 Å². The van der Waals surface area contributed by atoms with Crippen LogP contribution in [0.25, 0.3) is 0 Å². The van der Waals surface area contributed by atoms with Crippen LogP contribution in [0.3, 0.4) is 0 Å². The van der Waals surface area contributed by atoms with Gasteiger partial charge < -0.3 is 10.2 Å². The van der Waals surface area contributed by atoms with Crippen molar-refractivity contribution in [3.05, 3.63) is 24.4 Å². The monoisotopic (exact) mass is 219 g/mol. The van der Waals surface area contributed by atoms with Crippen molar-refractivity contribution in [1.82, 2.24) is 9.88 Å². The maximum absolute atomic E-state index is 4.25. The van der Waals surface area contributed by atoms with Crippen LogP contribution in [0.1, 0.15) is 19.3 Å². The largest absolute Gasteiger partial charge is 0.370 e. The van der Waals surface area contributed by atoms with Crippen molar-refractivity contribution >= 4 is 5.82 Å². The predicted octanol–water partition coefficient (Wildman–Crippen LogP) is 2.23. The van der Waals surface area contributed by atoms with Gasteiger partial charge in [0.15, 0.2) is 0 Å². The van der Waals surface area contributed by atoms with Gasteiger partial charge in [0.2, 0.25) is 0 Å². The van der Waals surface area contributed by atoms with E-state index in [0.717, 1.165) is 18.3 Å². The minimum absolute atomic E-state index is 0.896. The third-order valence-electron chi connectivity index (χ3n) is 3.36. The molecule has 0 amide bonds. The second-order valence-electron chi connectivity index (χ2n) is 4.68. The molecule has 0 aromatic carbocycles. The van der Waals surface area contributed by atoms with Gasteiger partial charge in [-0.25, -0.2) is 4.98 Å². The number of hydrogen-bond donors (Lipinski definition) is 1. The van der Waals surface area contributed by atoms with Crippen LogP contribution >= 0.6 is 0 Å². The molecule has 0 radical (unpaired) electrons. The molecule has 0 unspecified atom stereocenters. The molecule has 88 valence electrons. The Morgan fingerprint density at radius 3 is 2.88 bits per heavy atom. The summed E-state index contributed by atoms with van der Waals surface area (Å²) < 4.78 is 0. The highest BCUT2D eigenvalue weighted by Crippen LogP contribution is 2.19. The summed E-state index contributed by atoms with van der Waals surface area (Å²) in [4.78, 5) is 6.67. The summed E-state index contributed by atoms with van der Waals surface area (Å²) in [6, 6.07) is 5.99. The molecule has 3 nitrogen and oxygen atoms in total. The Bertz CT molecular complexity index is 291. The lowest BCUT2D eigenvalue weighted by molar-refractivity contribution is 0.215. The summed E-state index contributed by atoms with van der Waals surface area (Å²) in [6.45, 7) is 3.56. The standard InChI is InChI=1S/C13H21N3/c1-16-10-6-12(7-11-16)5-9-15-13-4-2-3-8-14-13/h2-4,8,12H,5-7,9-11H2,1H3,(H,14,15). The fourth-order valence-corrected chi connectivity index (χ4v) is 2.22. The molecule has 1 aliphatic rings. The smallest absolute Gasteiger partial charge is 0.125 e. The fourth-order valence-electron chi connectivity index (χ4n) is 2.22. The van der Waals surface area contributed by atoms with Gasteiger partial charge in [0.05, 0.1) is 0 Å². The van der Waals surface area contributed by atoms with Crippen molar-refractivity contribution in [1.29, 1.82) is 0 Å². The van der Waals surface area contributed by atoms with Crippen molar-refractivity contribution in [3.8, 4) is 0 Å². The molecule has 0 saturated carbocycles. The Labute approximate surface area is 97.9 Å². The second-order valence-corrected chi connectivity index (χ2v) is 4.68. The minimum Gasteiger partial charge on any atom is -0.370 e. The van der Waals surface area contributed by atoms with E-state index in [9.17, 15) is 0 Å². The summed E-state index contributed by atoms with van der Waals surface area (Å²) in [5.41, 5.74) is 0. The minimum atomic E-state index is 0.896. The molecule has 1 saturated heterocycles. The summed E-state index contributed by atoms with van der Waals surface area (Å²) >= 11 is 0. The molecule has 1 aromatic heterocycles. The zero-order valence-corrected chi connectivity index (χ0v) is 10.0. The van der Waals surface area contributed by atoms with Crippen LogP contribution in [0.2, 0.25) is 0 Å². The third kappa shape index (κ3) is 3.49. The van der Waals surface area contributed by atoms with E-state index in [-0.39, 0.29) is 0 Å². The first-order valence-electron chi connectivity index (χ1n) is 6.18. The molecule has 0 atom stereocenters. The molecule has 0 bridgehead atoms. The summed E-state index contributed by atoms with van der Waals surface area (Å²) in [7, 11) is 2.21. The lowest BCUT2D eigenvalue weighted by atomic mass is 9.94. The average Bonchev–Trinajstić information content (AvgIpc) is 2.33. The number of nitrogens with zero attached hydrogens (tertiary/aromatic N) is 2. The third-order valence-corrected chi connectivity index (χ3v) is 3.36. The first kappa shape index (κ1) is 11.4. The maximum atomic E-state index is 4.25. The maximum Gasteiger partial charge on any atom is 0.125 e. The van der Waals surface area contributed by atoms with Crippen LogP contribution in [0.15, 0.2) is 24.4 Å². The number of nitrogens with one attached hydrogen (secondary N) is 1. The van der Waals surface area contributed by atoms with Crippen LogP contribution < -0.4 is 5.32 Å². The van der Waals surface area contributed by atoms with E-state index >= 15 is 0 Å². The molecular weight excluding hydrogens is 198 g/mol. The lowest BCUT2D eigenvalue weighted by Crippen LogP contribution is -2.30. The zero-order valence-electron chi connectivity index (χ0n) is 10.0. The van der Waals surface area contributed by atoms with Crippen molar-refractivity contribution in [2.45, 2.75) is 19.3 Å². The Hall–Kier alpha value is -1.09. The topological polar surface area (TPSA) is 28.2 Å². The van der Waals surface area contributed by atoms with Crippen LogP contribution in [-0.2, 0) is 0 Å². The van der Waals surface area contributed by atoms with Gasteiger partial charge in [0, 0.05) is 12.7 Å². The van der Waals surface area contributed by atoms with Gasteiger partial charge in [0.1, 0.15) is 5.82 Å². The van der Waals surface area contributed by atoms with Gasteiger partial charge in [-0.1, -0.05) is 6.07 Å². The number of likely N-dealkylation sites (tertiary alicyclic amines) is 1. The van der Waals surface area contributed by atoms with E-state index in [1.807, 2.05) is 24.4 Å². The number of hydrogen-bond acceptors (Lipinski definition) is 3. The van der Waals surface area contributed by atoms with E-state index in [1.54, 1.807) is 0 Å². The number of pyridine rings is 1. The number of anilines is 1. The van der Waals surface area contributed by atoms with E-state index in [2.05, 4.69) is 22.2 Å². The molecule has 0 spiro atoms. The second kappa shape index (κ2) is 5.85. The normalized spacial score (nSPS) is 18.6. The molecular formula is C13H21N3. The van der Waals surface area contributed by atoms with Gasteiger partial charge >= 0.3 is 0 Å². The van der Waals surface area contributed by atoms with Crippen LogP contribution in [0, 0.1) is 5.92 Å². The SMILES string of the molecule is CN1CCC(CCNc2ccccn2)CC1. The first-order chi connectivity index (χ1) is 7.84. The van der Waals surface area contributed by atoms with E-state index in [1.165, 1.54) is 32.4 Å². The lowest BCUT2D eigenvalue weighted by Gasteiger charge is -2.28.